The molecule has 1 fully saturated rings. The number of anilines is 3. The molecule has 1 heterocycles. The molecule has 0 spiro atoms. The van der Waals surface area contributed by atoms with Gasteiger partial charge in [-0.2, -0.15) is 0 Å². The van der Waals surface area contributed by atoms with Gasteiger partial charge in [-0.15, -0.1) is 0 Å². The van der Waals surface area contributed by atoms with Crippen molar-refractivity contribution in [3.8, 4) is 0 Å². The molecule has 3 aromatic carbocycles. The minimum Gasteiger partial charge on any atom is -0.320 e. The molecule has 0 atom stereocenters. The fraction of sp³-hybridized carbons (Fsp3) is 0.259. The highest BCUT2D eigenvalue weighted by molar-refractivity contribution is 6.00. The van der Waals surface area contributed by atoms with E-state index in [1.807, 2.05) is 59.5 Å². The molecule has 0 saturated carbocycles. The first-order chi connectivity index (χ1) is 16.0. The lowest BCUT2D eigenvalue weighted by Gasteiger charge is -2.36. The zero-order chi connectivity index (χ0) is 23.2. The number of para-hydroxylation sites is 1. The Balaban J connectivity index is 1.41. The van der Waals surface area contributed by atoms with Crippen molar-refractivity contribution < 1.29 is 9.59 Å². The number of rotatable bonds is 6. The Bertz CT molecular complexity index is 1100. The van der Waals surface area contributed by atoms with Gasteiger partial charge in [0.2, 0.25) is 0 Å². The quantitative estimate of drug-likeness (QED) is 0.471. The van der Waals surface area contributed by atoms with E-state index < -0.39 is 0 Å². The van der Waals surface area contributed by atoms with Crippen molar-refractivity contribution in [1.82, 2.24) is 4.90 Å². The summed E-state index contributed by atoms with van der Waals surface area (Å²) in [4.78, 5) is 29.2. The number of urea groups is 2. The van der Waals surface area contributed by atoms with Crippen LogP contribution in [-0.2, 0) is 6.54 Å². The monoisotopic (exact) mass is 442 g/mol. The first-order valence-electron chi connectivity index (χ1n) is 11.4. The Kier molecular flexibility index (Phi) is 6.93. The third kappa shape index (κ3) is 5.71. The van der Waals surface area contributed by atoms with E-state index in [1.165, 1.54) is 5.56 Å². The van der Waals surface area contributed by atoms with Crippen LogP contribution in [0.2, 0.25) is 0 Å². The molecule has 6 heteroatoms. The predicted octanol–water partition coefficient (Wildman–Crippen LogP) is 6.29. The summed E-state index contributed by atoms with van der Waals surface area (Å²) in [6.45, 7) is 6.33. The number of benzene rings is 3. The minimum absolute atomic E-state index is 0.0138. The van der Waals surface area contributed by atoms with E-state index in [9.17, 15) is 9.59 Å². The van der Waals surface area contributed by atoms with Crippen LogP contribution in [0.25, 0.3) is 0 Å². The van der Waals surface area contributed by atoms with Gasteiger partial charge in [-0.25, -0.2) is 9.59 Å². The normalized spacial score (nSPS) is 13.8. The Morgan fingerprint density at radius 2 is 1.58 bits per heavy atom. The molecule has 0 unspecified atom stereocenters. The van der Waals surface area contributed by atoms with Crippen LogP contribution >= 0.6 is 0 Å². The van der Waals surface area contributed by atoms with E-state index in [0.29, 0.717) is 24.7 Å². The molecular weight excluding hydrogens is 412 g/mol. The largest absolute Gasteiger partial charge is 0.324 e. The Morgan fingerprint density at radius 1 is 0.879 bits per heavy atom. The van der Waals surface area contributed by atoms with Gasteiger partial charge in [-0.1, -0.05) is 62.4 Å². The molecule has 0 aliphatic carbocycles. The Hall–Kier alpha value is -3.80. The summed E-state index contributed by atoms with van der Waals surface area (Å²) in [7, 11) is 0. The van der Waals surface area contributed by atoms with E-state index in [-0.39, 0.29) is 12.1 Å². The molecular formula is C27H30N4O2. The fourth-order valence-electron chi connectivity index (χ4n) is 3.96. The van der Waals surface area contributed by atoms with Crippen molar-refractivity contribution in [3.05, 3.63) is 90.0 Å². The molecule has 0 bridgehead atoms. The van der Waals surface area contributed by atoms with Gasteiger partial charge in [0, 0.05) is 36.7 Å². The molecule has 33 heavy (non-hydrogen) atoms. The van der Waals surface area contributed by atoms with E-state index in [2.05, 4.69) is 48.7 Å². The minimum atomic E-state index is -0.324. The molecule has 4 amide bonds. The van der Waals surface area contributed by atoms with Crippen LogP contribution in [0.5, 0.6) is 0 Å². The highest BCUT2D eigenvalue weighted by Gasteiger charge is 2.27. The van der Waals surface area contributed by atoms with Gasteiger partial charge in [0.05, 0.1) is 0 Å². The first kappa shape index (κ1) is 22.4. The van der Waals surface area contributed by atoms with Gasteiger partial charge >= 0.3 is 12.1 Å². The zero-order valence-electron chi connectivity index (χ0n) is 19.1. The summed E-state index contributed by atoms with van der Waals surface area (Å²) >= 11 is 0. The van der Waals surface area contributed by atoms with Crippen molar-refractivity contribution in [3.63, 3.8) is 0 Å². The summed E-state index contributed by atoms with van der Waals surface area (Å²) in [5, 5.41) is 5.65. The second-order valence-corrected chi connectivity index (χ2v) is 8.60. The lowest BCUT2D eigenvalue weighted by molar-refractivity contribution is 0.192. The fourth-order valence-corrected chi connectivity index (χ4v) is 3.96. The van der Waals surface area contributed by atoms with Crippen LogP contribution in [-0.4, -0.2) is 30.1 Å². The average Bonchev–Trinajstić information content (AvgIpc) is 2.81. The van der Waals surface area contributed by atoms with Gasteiger partial charge in [-0.3, -0.25) is 4.90 Å². The van der Waals surface area contributed by atoms with E-state index in [0.717, 1.165) is 29.9 Å². The SMILES string of the molecule is CC(C)c1ccc(CN2CCCN(c3cccc(NC(=O)Nc4ccccc4)c3)C2=O)cc1. The standard InChI is InChI=1S/C27H30N4O2/c1-20(2)22-14-12-21(13-15-22)19-30-16-7-17-31(27(30)33)25-11-6-10-24(18-25)29-26(32)28-23-8-4-3-5-9-23/h3-6,8-15,18,20H,7,16-17,19H2,1-2H3,(H2,28,29,32). The molecule has 0 aromatic heterocycles. The Morgan fingerprint density at radius 3 is 2.30 bits per heavy atom. The topological polar surface area (TPSA) is 64.7 Å². The van der Waals surface area contributed by atoms with Crippen molar-refractivity contribution in [2.75, 3.05) is 28.6 Å². The summed E-state index contributed by atoms with van der Waals surface area (Å²) in [6.07, 6.45) is 0.891. The summed E-state index contributed by atoms with van der Waals surface area (Å²) in [6, 6.07) is 24.8. The number of hydrogen-bond donors (Lipinski definition) is 2. The van der Waals surface area contributed by atoms with Crippen LogP contribution in [0.15, 0.2) is 78.9 Å². The molecule has 170 valence electrons. The van der Waals surface area contributed by atoms with Gasteiger partial charge in [0.1, 0.15) is 0 Å². The number of carbonyl (C=O) groups is 2. The molecule has 2 N–H and O–H groups in total. The van der Waals surface area contributed by atoms with Gasteiger partial charge < -0.3 is 15.5 Å². The van der Waals surface area contributed by atoms with Crippen LogP contribution in [0, 0.1) is 0 Å². The maximum Gasteiger partial charge on any atom is 0.324 e. The lowest BCUT2D eigenvalue weighted by atomic mass is 10.0. The highest BCUT2D eigenvalue weighted by atomic mass is 16.2. The summed E-state index contributed by atoms with van der Waals surface area (Å²) < 4.78 is 0. The number of nitrogens with zero attached hydrogens (tertiary/aromatic N) is 2. The Labute approximate surface area is 195 Å². The third-order valence-electron chi connectivity index (χ3n) is 5.78. The first-order valence-corrected chi connectivity index (χ1v) is 11.4. The van der Waals surface area contributed by atoms with Crippen molar-refractivity contribution in [2.45, 2.75) is 32.7 Å². The van der Waals surface area contributed by atoms with Gasteiger partial charge in [0.25, 0.3) is 0 Å². The van der Waals surface area contributed by atoms with Crippen molar-refractivity contribution in [2.24, 2.45) is 0 Å². The zero-order valence-corrected chi connectivity index (χ0v) is 19.1. The molecule has 1 saturated heterocycles. The van der Waals surface area contributed by atoms with Gasteiger partial charge in [0.15, 0.2) is 0 Å². The van der Waals surface area contributed by atoms with E-state index in [4.69, 9.17) is 0 Å². The predicted molar refractivity (Wildman–Crippen MR) is 134 cm³/mol. The van der Waals surface area contributed by atoms with Crippen molar-refractivity contribution in [1.29, 1.82) is 0 Å². The average molecular weight is 443 g/mol. The maximum atomic E-state index is 13.2. The molecule has 0 radical (unpaired) electrons. The molecule has 1 aliphatic heterocycles. The number of nitrogens with one attached hydrogen (secondary N) is 2. The smallest absolute Gasteiger partial charge is 0.320 e. The van der Waals surface area contributed by atoms with Crippen LogP contribution < -0.4 is 15.5 Å². The lowest BCUT2D eigenvalue weighted by Crippen LogP contribution is -2.49. The highest BCUT2D eigenvalue weighted by Crippen LogP contribution is 2.25. The second kappa shape index (κ2) is 10.2. The number of carbonyl (C=O) groups excluding carboxylic acids is 2. The summed E-state index contributed by atoms with van der Waals surface area (Å²) in [5.74, 6) is 0.488. The number of amides is 4. The third-order valence-corrected chi connectivity index (χ3v) is 5.78. The molecule has 1 aliphatic rings. The van der Waals surface area contributed by atoms with E-state index in [1.54, 1.807) is 4.90 Å². The maximum absolute atomic E-state index is 13.2. The molecule has 3 aromatic rings. The molecule has 6 nitrogen and oxygen atoms in total. The van der Waals surface area contributed by atoms with Gasteiger partial charge in [-0.05, 0) is 53.8 Å². The van der Waals surface area contributed by atoms with Crippen LogP contribution in [0.4, 0.5) is 26.7 Å². The van der Waals surface area contributed by atoms with Crippen molar-refractivity contribution >= 4 is 29.1 Å². The van der Waals surface area contributed by atoms with Crippen LogP contribution in [0.3, 0.4) is 0 Å². The number of hydrogen-bond acceptors (Lipinski definition) is 2. The van der Waals surface area contributed by atoms with E-state index >= 15 is 0 Å². The van der Waals surface area contributed by atoms with Crippen LogP contribution in [0.1, 0.15) is 37.3 Å². The second-order valence-electron chi connectivity index (χ2n) is 8.60. The summed E-state index contributed by atoms with van der Waals surface area (Å²) in [5.41, 5.74) is 4.55. The molecule has 4 rings (SSSR count).